The van der Waals surface area contributed by atoms with E-state index in [0.29, 0.717) is 11.1 Å². The maximum atomic E-state index is 14.3. The Hall–Kier alpha value is -3.52. The quantitative estimate of drug-likeness (QED) is 0.436. The molecule has 0 spiro atoms. The molecule has 0 unspecified atom stereocenters. The van der Waals surface area contributed by atoms with Crippen molar-refractivity contribution >= 4 is 15.7 Å². The first-order valence-electron chi connectivity index (χ1n) is 9.40. The molecule has 1 aromatic heterocycles. The summed E-state index contributed by atoms with van der Waals surface area (Å²) in [6.45, 7) is 2.08. The monoisotopic (exact) mass is 440 g/mol. The highest BCUT2D eigenvalue weighted by atomic mass is 32.2. The molecule has 0 aliphatic rings. The zero-order chi connectivity index (χ0) is 22.0. The number of nitrogens with zero attached hydrogens (tertiary/aromatic N) is 1. The minimum Gasteiger partial charge on any atom is -0.419 e. The van der Waals surface area contributed by atoms with Gasteiger partial charge in [0.25, 0.3) is 0 Å². The van der Waals surface area contributed by atoms with Gasteiger partial charge in [0.1, 0.15) is 16.5 Å². The molecule has 0 bridgehead atoms. The largest absolute Gasteiger partial charge is 0.419 e. The first kappa shape index (κ1) is 20.7. The van der Waals surface area contributed by atoms with Crippen molar-refractivity contribution in [3.63, 3.8) is 0 Å². The van der Waals surface area contributed by atoms with E-state index in [2.05, 4.69) is 10.3 Å². The van der Waals surface area contributed by atoms with Gasteiger partial charge in [-0.2, -0.15) is 4.98 Å². The summed E-state index contributed by atoms with van der Waals surface area (Å²) in [6, 6.07) is 18.0. The Morgan fingerprint density at radius 1 is 0.935 bits per heavy atom. The normalized spacial score (nSPS) is 11.5. The lowest BCUT2D eigenvalue weighted by Gasteiger charge is -2.07. The van der Waals surface area contributed by atoms with Gasteiger partial charge < -0.3 is 9.73 Å². The number of aromatic nitrogens is 1. The van der Waals surface area contributed by atoms with E-state index in [-0.39, 0.29) is 24.1 Å². The maximum absolute atomic E-state index is 14.3. The van der Waals surface area contributed by atoms with Crippen molar-refractivity contribution in [2.45, 2.75) is 23.4 Å². The summed E-state index contributed by atoms with van der Waals surface area (Å²) < 4.78 is 59.5. The van der Waals surface area contributed by atoms with E-state index in [9.17, 15) is 17.2 Å². The SMILES string of the molecule is Cc1ccc(-c2nc(S(=O)(=O)c3ccccc3F)c(NCc3ccc(F)cc3)o2)cc1. The van der Waals surface area contributed by atoms with Gasteiger partial charge in [0, 0.05) is 12.1 Å². The minimum absolute atomic E-state index is 0.0801. The lowest BCUT2D eigenvalue weighted by Crippen LogP contribution is -2.09. The van der Waals surface area contributed by atoms with Crippen LogP contribution in [0.1, 0.15) is 11.1 Å². The molecular weight excluding hydrogens is 422 g/mol. The smallest absolute Gasteiger partial charge is 0.234 e. The van der Waals surface area contributed by atoms with Gasteiger partial charge in [-0.1, -0.05) is 42.0 Å². The number of anilines is 1. The Labute approximate surface area is 178 Å². The van der Waals surface area contributed by atoms with E-state index in [4.69, 9.17) is 4.42 Å². The van der Waals surface area contributed by atoms with Crippen LogP contribution < -0.4 is 5.32 Å². The molecule has 8 heteroatoms. The van der Waals surface area contributed by atoms with Crippen LogP contribution >= 0.6 is 0 Å². The molecule has 0 radical (unpaired) electrons. The Balaban J connectivity index is 1.77. The van der Waals surface area contributed by atoms with Crippen LogP contribution in [0.15, 0.2) is 87.1 Å². The summed E-state index contributed by atoms with van der Waals surface area (Å²) in [6.07, 6.45) is 0. The highest BCUT2D eigenvalue weighted by Crippen LogP contribution is 2.33. The van der Waals surface area contributed by atoms with Crippen molar-refractivity contribution in [1.29, 1.82) is 0 Å². The van der Waals surface area contributed by atoms with Crippen molar-refractivity contribution in [2.75, 3.05) is 5.32 Å². The van der Waals surface area contributed by atoms with Crippen LogP contribution in [0, 0.1) is 18.6 Å². The number of hydrogen-bond acceptors (Lipinski definition) is 5. The van der Waals surface area contributed by atoms with E-state index in [1.165, 1.54) is 30.3 Å². The third-order valence-corrected chi connectivity index (χ3v) is 6.34. The lowest BCUT2D eigenvalue weighted by atomic mass is 10.1. The average molecular weight is 440 g/mol. The number of hydrogen-bond donors (Lipinski definition) is 1. The van der Waals surface area contributed by atoms with E-state index in [0.717, 1.165) is 11.6 Å². The predicted molar refractivity (Wildman–Crippen MR) is 112 cm³/mol. The molecule has 0 aliphatic heterocycles. The summed E-state index contributed by atoms with van der Waals surface area (Å²) in [5, 5.41) is 2.47. The molecule has 1 heterocycles. The van der Waals surface area contributed by atoms with Crippen LogP contribution in [0.5, 0.6) is 0 Å². The summed E-state index contributed by atoms with van der Waals surface area (Å²) in [7, 11) is -4.31. The van der Waals surface area contributed by atoms with Crippen LogP contribution in [0.2, 0.25) is 0 Å². The van der Waals surface area contributed by atoms with Gasteiger partial charge in [0.15, 0.2) is 0 Å². The van der Waals surface area contributed by atoms with Crippen LogP contribution in [-0.2, 0) is 16.4 Å². The van der Waals surface area contributed by atoms with Gasteiger partial charge in [-0.05, 0) is 48.9 Å². The number of halogens is 2. The Morgan fingerprint density at radius 3 is 2.29 bits per heavy atom. The van der Waals surface area contributed by atoms with Gasteiger partial charge >= 0.3 is 0 Å². The zero-order valence-corrected chi connectivity index (χ0v) is 17.3. The molecule has 31 heavy (non-hydrogen) atoms. The van der Waals surface area contributed by atoms with Gasteiger partial charge in [-0.3, -0.25) is 0 Å². The maximum Gasteiger partial charge on any atom is 0.234 e. The molecule has 0 saturated heterocycles. The van der Waals surface area contributed by atoms with Crippen LogP contribution in [0.3, 0.4) is 0 Å². The Bertz CT molecular complexity index is 1320. The Morgan fingerprint density at radius 2 is 1.61 bits per heavy atom. The molecule has 4 aromatic rings. The zero-order valence-electron chi connectivity index (χ0n) is 16.5. The Kier molecular flexibility index (Phi) is 5.56. The molecule has 5 nitrogen and oxygen atoms in total. The standard InChI is InChI=1S/C23H18F2N2O3S/c1-15-6-10-17(11-7-15)21-27-23(31(28,29)20-5-3-2-4-19(20)25)22(30-21)26-14-16-8-12-18(24)13-9-16/h2-13,26H,14H2,1H3. The first-order valence-corrected chi connectivity index (χ1v) is 10.9. The molecule has 0 saturated carbocycles. The number of benzene rings is 3. The van der Waals surface area contributed by atoms with Crippen molar-refractivity contribution in [3.05, 3.63) is 95.6 Å². The van der Waals surface area contributed by atoms with Crippen molar-refractivity contribution < 1.29 is 21.6 Å². The topological polar surface area (TPSA) is 72.2 Å². The van der Waals surface area contributed by atoms with Gasteiger partial charge in [-0.25, -0.2) is 17.2 Å². The van der Waals surface area contributed by atoms with Crippen molar-refractivity contribution in [1.82, 2.24) is 4.98 Å². The number of nitrogens with one attached hydrogen (secondary N) is 1. The second kappa shape index (κ2) is 8.31. The number of rotatable bonds is 6. The van der Waals surface area contributed by atoms with Crippen LogP contribution in [0.25, 0.3) is 11.5 Å². The summed E-state index contributed by atoms with van der Waals surface area (Å²) in [4.78, 5) is 3.69. The van der Waals surface area contributed by atoms with Crippen molar-refractivity contribution in [2.24, 2.45) is 0 Å². The third kappa shape index (κ3) is 4.34. The third-order valence-electron chi connectivity index (χ3n) is 4.64. The van der Waals surface area contributed by atoms with Crippen molar-refractivity contribution in [3.8, 4) is 11.5 Å². The highest BCUT2D eigenvalue weighted by molar-refractivity contribution is 7.91. The fourth-order valence-corrected chi connectivity index (χ4v) is 4.32. The molecule has 0 atom stereocenters. The highest BCUT2D eigenvalue weighted by Gasteiger charge is 2.30. The number of sulfone groups is 1. The second-order valence-electron chi connectivity index (χ2n) is 6.93. The first-order chi connectivity index (χ1) is 14.8. The van der Waals surface area contributed by atoms with E-state index in [1.54, 1.807) is 24.3 Å². The second-order valence-corrected chi connectivity index (χ2v) is 8.77. The number of aryl methyl sites for hydroxylation is 1. The van der Waals surface area contributed by atoms with E-state index in [1.807, 2.05) is 19.1 Å². The molecule has 3 aromatic carbocycles. The fraction of sp³-hybridized carbons (Fsp3) is 0.0870. The molecule has 0 fully saturated rings. The summed E-state index contributed by atoms with van der Waals surface area (Å²) in [5.41, 5.74) is 2.29. The van der Waals surface area contributed by atoms with Crippen LogP contribution in [0.4, 0.5) is 14.7 Å². The average Bonchev–Trinajstić information content (AvgIpc) is 3.19. The molecule has 0 aliphatic carbocycles. The molecular formula is C23H18F2N2O3S. The van der Waals surface area contributed by atoms with Gasteiger partial charge in [0.05, 0.1) is 0 Å². The molecule has 4 rings (SSSR count). The minimum atomic E-state index is -4.31. The van der Waals surface area contributed by atoms with Gasteiger partial charge in [-0.15, -0.1) is 0 Å². The predicted octanol–water partition coefficient (Wildman–Crippen LogP) is 5.37. The number of oxazole rings is 1. The lowest BCUT2D eigenvalue weighted by molar-refractivity contribution is 0.562. The van der Waals surface area contributed by atoms with E-state index < -0.39 is 25.6 Å². The fourth-order valence-electron chi connectivity index (χ4n) is 2.97. The summed E-state index contributed by atoms with van der Waals surface area (Å²) in [5.74, 6) is -1.31. The molecule has 1 N–H and O–H groups in total. The summed E-state index contributed by atoms with van der Waals surface area (Å²) >= 11 is 0. The molecule has 0 amide bonds. The van der Waals surface area contributed by atoms with Gasteiger partial charge in [0.2, 0.25) is 26.6 Å². The van der Waals surface area contributed by atoms with E-state index >= 15 is 0 Å². The molecule has 158 valence electrons. The van der Waals surface area contributed by atoms with Crippen LogP contribution in [-0.4, -0.2) is 13.4 Å².